The highest BCUT2D eigenvalue weighted by molar-refractivity contribution is 6.35. The van der Waals surface area contributed by atoms with E-state index in [2.05, 4.69) is 87.5 Å². The van der Waals surface area contributed by atoms with Crippen molar-refractivity contribution >= 4 is 23.6 Å². The molecule has 0 spiro atoms. The normalized spacial score (nSPS) is 23.4. The molecule has 6 N–H and O–H groups in total. The Labute approximate surface area is 203 Å². The third-order valence-corrected chi connectivity index (χ3v) is 6.18. The molecule has 0 aromatic rings. The fourth-order valence-electron chi connectivity index (χ4n) is 5.87. The molecule has 194 valence electrons. The van der Waals surface area contributed by atoms with Crippen LogP contribution in [0.4, 0.5) is 0 Å². The standard InChI is InChI=1S/C24H44N6O4/c1-21(2)11-15(12-22(3,4)29-21)25-17(31)9-10-18(32)27-28-20(34)19(33)26-16-13-23(5,6)30-24(7,8)14-16/h15-16,29-30H,9-14H2,1-8H3,(H,25,31)(H,26,33)(H,27,32)(H,28,34). The largest absolute Gasteiger partial charge is 0.353 e. The van der Waals surface area contributed by atoms with Gasteiger partial charge in [0.05, 0.1) is 0 Å². The van der Waals surface area contributed by atoms with Gasteiger partial charge in [0.2, 0.25) is 11.8 Å². The van der Waals surface area contributed by atoms with Crippen LogP contribution >= 0.6 is 0 Å². The third kappa shape index (κ3) is 9.21. The Morgan fingerprint density at radius 3 is 1.41 bits per heavy atom. The van der Waals surface area contributed by atoms with Crippen LogP contribution in [0.3, 0.4) is 0 Å². The van der Waals surface area contributed by atoms with E-state index in [1.165, 1.54) is 0 Å². The lowest BCUT2D eigenvalue weighted by molar-refractivity contribution is -0.141. The van der Waals surface area contributed by atoms with Crippen molar-refractivity contribution in [2.45, 2.75) is 128 Å². The van der Waals surface area contributed by atoms with Crippen molar-refractivity contribution in [3.05, 3.63) is 0 Å². The Kier molecular flexibility index (Phi) is 8.41. The minimum absolute atomic E-state index is 0.00206. The van der Waals surface area contributed by atoms with Crippen molar-refractivity contribution < 1.29 is 19.2 Å². The number of carbonyl (C=O) groups excluding carboxylic acids is 4. The number of piperidine rings is 2. The quantitative estimate of drug-likeness (QED) is 0.254. The number of rotatable bonds is 5. The molecule has 0 atom stereocenters. The molecule has 0 aliphatic carbocycles. The lowest BCUT2D eigenvalue weighted by atomic mass is 9.79. The zero-order valence-electron chi connectivity index (χ0n) is 22.0. The van der Waals surface area contributed by atoms with Crippen LogP contribution in [0.1, 0.15) is 93.9 Å². The Bertz CT molecular complexity index is 773. The van der Waals surface area contributed by atoms with Gasteiger partial charge in [-0.15, -0.1) is 0 Å². The first-order chi connectivity index (χ1) is 15.4. The van der Waals surface area contributed by atoms with Crippen LogP contribution in [-0.4, -0.2) is 57.9 Å². The van der Waals surface area contributed by atoms with Gasteiger partial charge in [-0.2, -0.15) is 0 Å². The van der Waals surface area contributed by atoms with Gasteiger partial charge in [0.1, 0.15) is 0 Å². The highest BCUT2D eigenvalue weighted by Crippen LogP contribution is 2.29. The van der Waals surface area contributed by atoms with Crippen molar-refractivity contribution in [1.82, 2.24) is 32.1 Å². The lowest BCUT2D eigenvalue weighted by Gasteiger charge is -2.46. The molecule has 0 unspecified atom stereocenters. The summed E-state index contributed by atoms with van der Waals surface area (Å²) in [5, 5.41) is 12.8. The highest BCUT2D eigenvalue weighted by atomic mass is 16.2. The summed E-state index contributed by atoms with van der Waals surface area (Å²) >= 11 is 0. The molecule has 2 saturated heterocycles. The van der Waals surface area contributed by atoms with E-state index in [4.69, 9.17) is 0 Å². The highest BCUT2D eigenvalue weighted by Gasteiger charge is 2.39. The molecular weight excluding hydrogens is 436 g/mol. The molecule has 0 radical (unpaired) electrons. The summed E-state index contributed by atoms with van der Waals surface area (Å²) in [5.74, 6) is -2.49. The monoisotopic (exact) mass is 480 g/mol. The van der Waals surface area contributed by atoms with Gasteiger partial charge in [-0.05, 0) is 81.1 Å². The van der Waals surface area contributed by atoms with E-state index in [9.17, 15) is 19.2 Å². The van der Waals surface area contributed by atoms with Crippen molar-refractivity contribution in [2.75, 3.05) is 0 Å². The first kappa shape index (κ1) is 28.0. The third-order valence-electron chi connectivity index (χ3n) is 6.18. The van der Waals surface area contributed by atoms with Gasteiger partial charge in [-0.25, -0.2) is 0 Å². The molecule has 0 aromatic carbocycles. The molecule has 10 heteroatoms. The summed E-state index contributed by atoms with van der Waals surface area (Å²) in [6, 6.07) is -0.135. The van der Waals surface area contributed by atoms with Gasteiger partial charge >= 0.3 is 11.8 Å². The average molecular weight is 481 g/mol. The maximum absolute atomic E-state index is 12.3. The van der Waals surface area contributed by atoms with Crippen LogP contribution in [0, 0.1) is 0 Å². The van der Waals surface area contributed by atoms with Gasteiger partial charge in [0.25, 0.3) is 0 Å². The number of nitrogens with one attached hydrogen (secondary N) is 6. The van der Waals surface area contributed by atoms with E-state index >= 15 is 0 Å². The molecule has 2 heterocycles. The zero-order chi connectivity index (χ0) is 25.9. The second-order valence-electron chi connectivity index (χ2n) is 12.5. The van der Waals surface area contributed by atoms with Crippen LogP contribution in [0.25, 0.3) is 0 Å². The second-order valence-corrected chi connectivity index (χ2v) is 12.5. The van der Waals surface area contributed by atoms with Gasteiger partial charge < -0.3 is 21.3 Å². The van der Waals surface area contributed by atoms with Gasteiger partial charge in [-0.3, -0.25) is 30.0 Å². The van der Waals surface area contributed by atoms with Crippen LogP contribution in [0.2, 0.25) is 0 Å². The second kappa shape index (κ2) is 10.2. The van der Waals surface area contributed by atoms with Crippen LogP contribution in [0.15, 0.2) is 0 Å². The molecule has 2 rings (SSSR count). The fourth-order valence-corrected chi connectivity index (χ4v) is 5.87. The maximum Gasteiger partial charge on any atom is 0.327 e. The Balaban J connectivity index is 1.71. The number of carbonyl (C=O) groups is 4. The molecular formula is C24H44N6O4. The number of hydrazine groups is 1. The maximum atomic E-state index is 12.3. The minimum atomic E-state index is -0.939. The topological polar surface area (TPSA) is 140 Å². The molecule has 10 nitrogen and oxygen atoms in total. The predicted molar refractivity (Wildman–Crippen MR) is 130 cm³/mol. The van der Waals surface area contributed by atoms with E-state index in [1.807, 2.05) is 0 Å². The number of amides is 4. The lowest BCUT2D eigenvalue weighted by Crippen LogP contribution is -2.63. The summed E-state index contributed by atoms with van der Waals surface area (Å²) in [4.78, 5) is 48.8. The summed E-state index contributed by atoms with van der Waals surface area (Å²) in [6.07, 6.45) is 2.86. The van der Waals surface area contributed by atoms with Crippen LogP contribution in [-0.2, 0) is 19.2 Å². The first-order valence-electron chi connectivity index (χ1n) is 12.1. The van der Waals surface area contributed by atoms with Gasteiger partial charge in [0.15, 0.2) is 0 Å². The Morgan fingerprint density at radius 2 is 0.971 bits per heavy atom. The van der Waals surface area contributed by atoms with E-state index < -0.39 is 17.7 Å². The van der Waals surface area contributed by atoms with Crippen molar-refractivity contribution in [1.29, 1.82) is 0 Å². The molecule has 0 saturated carbocycles. The summed E-state index contributed by atoms with van der Waals surface area (Å²) in [6.45, 7) is 16.6. The molecule has 34 heavy (non-hydrogen) atoms. The van der Waals surface area contributed by atoms with Crippen molar-refractivity contribution in [2.24, 2.45) is 0 Å². The number of hydrogen-bond acceptors (Lipinski definition) is 6. The van der Waals surface area contributed by atoms with E-state index in [1.54, 1.807) is 0 Å². The summed E-state index contributed by atoms with van der Waals surface area (Å²) < 4.78 is 0. The molecule has 2 aliphatic rings. The fraction of sp³-hybridized carbons (Fsp3) is 0.833. The average Bonchev–Trinajstić information content (AvgIpc) is 2.58. The summed E-state index contributed by atoms with van der Waals surface area (Å²) in [5.41, 5.74) is 3.81. The summed E-state index contributed by atoms with van der Waals surface area (Å²) in [7, 11) is 0. The van der Waals surface area contributed by atoms with Gasteiger partial charge in [0, 0.05) is 47.1 Å². The van der Waals surface area contributed by atoms with Crippen molar-refractivity contribution in [3.63, 3.8) is 0 Å². The molecule has 2 aliphatic heterocycles. The van der Waals surface area contributed by atoms with E-state index in [0.717, 1.165) is 12.8 Å². The van der Waals surface area contributed by atoms with Gasteiger partial charge in [-0.1, -0.05) is 0 Å². The smallest absolute Gasteiger partial charge is 0.327 e. The molecule has 0 bridgehead atoms. The predicted octanol–water partition coefficient (Wildman–Crippen LogP) is 0.765. The SMILES string of the molecule is CC1(C)CC(NC(=O)CCC(=O)NNC(=O)C(=O)NC2CC(C)(C)NC(C)(C)C2)CC(C)(C)N1. The van der Waals surface area contributed by atoms with Crippen LogP contribution in [0.5, 0.6) is 0 Å². The number of hydrogen-bond donors (Lipinski definition) is 6. The Hall–Kier alpha value is -2.20. The zero-order valence-corrected chi connectivity index (χ0v) is 22.0. The molecule has 0 aromatic heterocycles. The molecule has 4 amide bonds. The van der Waals surface area contributed by atoms with Crippen molar-refractivity contribution in [3.8, 4) is 0 Å². The minimum Gasteiger partial charge on any atom is -0.353 e. The van der Waals surface area contributed by atoms with E-state index in [-0.39, 0.29) is 53.0 Å². The van der Waals surface area contributed by atoms with E-state index in [0.29, 0.717) is 12.8 Å². The molecule has 2 fully saturated rings. The van der Waals surface area contributed by atoms with Crippen LogP contribution < -0.4 is 32.1 Å². The first-order valence-corrected chi connectivity index (χ1v) is 12.1. The Morgan fingerprint density at radius 1 is 0.588 bits per heavy atom.